The van der Waals surface area contributed by atoms with Crippen molar-refractivity contribution in [2.24, 2.45) is 0 Å². The minimum Gasteiger partial charge on any atom is -0.496 e. The van der Waals surface area contributed by atoms with Crippen molar-refractivity contribution < 1.29 is 42.1 Å². The zero-order valence-corrected chi connectivity index (χ0v) is 36.7. The van der Waals surface area contributed by atoms with Gasteiger partial charge in [0.25, 0.3) is 0 Å². The topological polar surface area (TPSA) is 185 Å². The average Bonchev–Trinajstić information content (AvgIpc) is 3.18. The molecule has 4 aromatic carbocycles. The van der Waals surface area contributed by atoms with E-state index in [9.17, 15) is 27.9 Å². The van der Waals surface area contributed by atoms with Crippen molar-refractivity contribution in [1.82, 2.24) is 9.88 Å². The van der Waals surface area contributed by atoms with Crippen molar-refractivity contribution in [1.29, 1.82) is 0 Å². The summed E-state index contributed by atoms with van der Waals surface area (Å²) in [5, 5.41) is 16.6. The van der Waals surface area contributed by atoms with E-state index in [0.29, 0.717) is 60.6 Å². The Morgan fingerprint density at radius 2 is 1.52 bits per heavy atom. The molecule has 2 amide bonds. The Morgan fingerprint density at radius 1 is 0.820 bits per heavy atom. The zero-order valence-electron chi connectivity index (χ0n) is 35.9. The minimum absolute atomic E-state index is 0.0300. The molecule has 0 spiro atoms. The molecular weight excluding hydrogens is 799 g/mol. The van der Waals surface area contributed by atoms with Crippen molar-refractivity contribution in [3.05, 3.63) is 107 Å². The van der Waals surface area contributed by atoms with E-state index < -0.39 is 28.1 Å². The summed E-state index contributed by atoms with van der Waals surface area (Å²) in [5.74, 6) is 0.879. The highest BCUT2D eigenvalue weighted by molar-refractivity contribution is 7.92. The van der Waals surface area contributed by atoms with E-state index in [2.05, 4.69) is 20.3 Å². The predicted octanol–water partition coefficient (Wildman–Crippen LogP) is 9.10. The van der Waals surface area contributed by atoms with Crippen molar-refractivity contribution in [2.45, 2.75) is 70.8 Å². The second-order valence-corrected chi connectivity index (χ2v) is 17.8. The summed E-state index contributed by atoms with van der Waals surface area (Å²) in [6.45, 7) is 5.94. The molecule has 0 saturated heterocycles. The fraction of sp³-hybridized carbons (Fsp3) is 0.348. The van der Waals surface area contributed by atoms with Crippen molar-refractivity contribution in [3.8, 4) is 23.0 Å². The molecule has 0 radical (unpaired) electrons. The number of Topliss-reactive ketones (excluding diaryl/α,β-unsaturated/α-hetero) is 1. The lowest BCUT2D eigenvalue weighted by molar-refractivity contribution is -0.142. The number of carboxylic acids is 1. The number of nitrogens with one attached hydrogen (secondary N) is 3. The number of aliphatic carboxylic acids is 1. The molecule has 15 heteroatoms. The molecule has 1 atom stereocenters. The van der Waals surface area contributed by atoms with Gasteiger partial charge in [0.15, 0.2) is 11.5 Å². The van der Waals surface area contributed by atoms with Crippen LogP contribution in [0.4, 0.5) is 21.9 Å². The number of pyridine rings is 1. The molecule has 5 aromatic rings. The number of anilines is 3. The van der Waals surface area contributed by atoms with Gasteiger partial charge in [-0.1, -0.05) is 63.9 Å². The number of hydrogen-bond donors (Lipinski definition) is 4. The standard InChI is InChI=1S/C46H55N5O9S/c1-46(2,3)30-26-37(43(59-7)38(27-30)50-61(8,56)57)49-45(55)48-36-20-21-41(34-15-13-12-14-33(34)36)60-32-22-23-47-31(28-32)24-29-18-19-35(42(25-29)58-6)40(52)17-11-9-10-16-39(44(53)54)51(4)5/h12-15,18-23,25-28,39,50H,9-11,16-17,24H2,1-8H3,(H,53,54)(H2,48,49,55)/t39-/m0/s1. The Hall–Kier alpha value is -6.19. The molecule has 0 aliphatic carbocycles. The lowest BCUT2D eigenvalue weighted by Gasteiger charge is -2.24. The minimum atomic E-state index is -3.65. The Labute approximate surface area is 357 Å². The highest BCUT2D eigenvalue weighted by Gasteiger charge is 2.23. The summed E-state index contributed by atoms with van der Waals surface area (Å²) in [4.78, 5) is 44.3. The van der Waals surface area contributed by atoms with E-state index in [1.54, 1.807) is 61.6 Å². The quantitative estimate of drug-likeness (QED) is 0.0459. The number of aromatic nitrogens is 1. The molecule has 0 aliphatic heterocycles. The number of ketones is 1. The molecule has 1 aromatic heterocycles. The van der Waals surface area contributed by atoms with Crippen LogP contribution in [0.2, 0.25) is 0 Å². The number of fused-ring (bicyclic) bond motifs is 1. The van der Waals surface area contributed by atoms with Crippen molar-refractivity contribution in [3.63, 3.8) is 0 Å². The van der Waals surface area contributed by atoms with E-state index in [-0.39, 0.29) is 28.3 Å². The number of hydrogen-bond acceptors (Lipinski definition) is 10. The van der Waals surface area contributed by atoms with E-state index in [0.717, 1.165) is 40.3 Å². The molecule has 0 aliphatic rings. The Bertz CT molecular complexity index is 2500. The van der Waals surface area contributed by atoms with Gasteiger partial charge in [0.2, 0.25) is 10.0 Å². The van der Waals surface area contributed by atoms with Gasteiger partial charge in [-0.3, -0.25) is 24.2 Å². The van der Waals surface area contributed by atoms with Crippen LogP contribution in [0.15, 0.2) is 85.1 Å². The fourth-order valence-corrected chi connectivity index (χ4v) is 7.51. The van der Waals surface area contributed by atoms with Gasteiger partial charge in [-0.2, -0.15) is 0 Å². The maximum atomic E-state index is 13.5. The highest BCUT2D eigenvalue weighted by Crippen LogP contribution is 2.40. The normalized spacial score (nSPS) is 12.1. The van der Waals surface area contributed by atoms with Crippen LogP contribution in [-0.4, -0.2) is 81.8 Å². The summed E-state index contributed by atoms with van der Waals surface area (Å²) in [6, 6.07) is 22.5. The number of ether oxygens (including phenoxy) is 3. The molecule has 1 heterocycles. The molecule has 14 nitrogen and oxygen atoms in total. The number of methoxy groups -OCH3 is 2. The first kappa shape index (κ1) is 45.9. The number of likely N-dealkylation sites (N-methyl/N-ethyl adjacent to an activating group) is 1. The van der Waals surface area contributed by atoms with Crippen LogP contribution in [0.1, 0.15) is 80.1 Å². The Balaban J connectivity index is 1.27. The van der Waals surface area contributed by atoms with Crippen molar-refractivity contribution in [2.75, 3.05) is 49.9 Å². The molecule has 4 N–H and O–H groups in total. The molecule has 5 rings (SSSR count). The molecule has 0 saturated carbocycles. The molecule has 0 bridgehead atoms. The fourth-order valence-electron chi connectivity index (χ4n) is 6.96. The zero-order chi connectivity index (χ0) is 44.5. The number of benzene rings is 4. The molecule has 324 valence electrons. The SMILES string of the molecule is COc1cc(Cc2cc(Oc3ccc(NC(=O)Nc4cc(C(C)(C)C)cc(NS(C)(=O)=O)c4OC)c4ccccc34)ccn2)ccc1C(=O)CCCCC[C@@H](C(=O)O)N(C)C. The number of carbonyl (C=O) groups is 3. The molecule has 0 fully saturated rings. The first-order valence-corrected chi connectivity index (χ1v) is 21.8. The third kappa shape index (κ3) is 12.4. The number of urea groups is 1. The maximum absolute atomic E-state index is 13.5. The number of sulfonamides is 1. The lowest BCUT2D eigenvalue weighted by atomic mass is 9.86. The third-order valence-electron chi connectivity index (χ3n) is 10.1. The van der Waals surface area contributed by atoms with Crippen LogP contribution < -0.4 is 29.6 Å². The highest BCUT2D eigenvalue weighted by atomic mass is 32.2. The molecule has 0 unspecified atom stereocenters. The van der Waals surface area contributed by atoms with Gasteiger partial charge in [0, 0.05) is 41.6 Å². The number of rotatable bonds is 19. The third-order valence-corrected chi connectivity index (χ3v) is 10.7. The first-order chi connectivity index (χ1) is 28.9. The summed E-state index contributed by atoms with van der Waals surface area (Å²) in [7, 11) is 2.79. The predicted molar refractivity (Wildman–Crippen MR) is 239 cm³/mol. The van der Waals surface area contributed by atoms with Gasteiger partial charge in [0.05, 0.1) is 43.1 Å². The van der Waals surface area contributed by atoms with Gasteiger partial charge < -0.3 is 30.0 Å². The van der Waals surface area contributed by atoms with E-state index in [1.807, 2.05) is 63.2 Å². The number of nitrogens with zero attached hydrogens (tertiary/aromatic N) is 2. The van der Waals surface area contributed by atoms with Crippen LogP contribution >= 0.6 is 0 Å². The maximum Gasteiger partial charge on any atom is 0.323 e. The van der Waals surface area contributed by atoms with E-state index in [4.69, 9.17) is 14.2 Å². The monoisotopic (exact) mass is 853 g/mol. The number of amides is 2. The number of carboxylic acid groups (broad SMARTS) is 1. The molecule has 61 heavy (non-hydrogen) atoms. The Morgan fingerprint density at radius 3 is 2.18 bits per heavy atom. The average molecular weight is 854 g/mol. The van der Waals surface area contributed by atoms with Crippen molar-refractivity contribution >= 4 is 55.6 Å². The number of carbonyl (C=O) groups excluding carboxylic acids is 2. The van der Waals surface area contributed by atoms with Crippen LogP contribution in [-0.2, 0) is 26.7 Å². The first-order valence-electron chi connectivity index (χ1n) is 19.9. The van der Waals surface area contributed by atoms with Crippen LogP contribution in [0.3, 0.4) is 0 Å². The van der Waals surface area contributed by atoms with Crippen LogP contribution in [0.25, 0.3) is 10.8 Å². The summed E-state index contributed by atoms with van der Waals surface area (Å²) >= 11 is 0. The summed E-state index contributed by atoms with van der Waals surface area (Å²) < 4.78 is 44.4. The van der Waals surface area contributed by atoms with Crippen LogP contribution in [0.5, 0.6) is 23.0 Å². The number of unbranched alkanes of at least 4 members (excludes halogenated alkanes) is 2. The van der Waals surface area contributed by atoms with Gasteiger partial charge in [0.1, 0.15) is 23.3 Å². The molecular formula is C46H55N5O9S. The Kier molecular flexibility index (Phi) is 15.0. The smallest absolute Gasteiger partial charge is 0.323 e. The second kappa shape index (κ2) is 19.9. The van der Waals surface area contributed by atoms with Gasteiger partial charge in [-0.15, -0.1) is 0 Å². The lowest BCUT2D eigenvalue weighted by Crippen LogP contribution is -2.35. The second-order valence-electron chi connectivity index (χ2n) is 16.1. The van der Waals surface area contributed by atoms with Gasteiger partial charge in [-0.25, -0.2) is 13.2 Å². The summed E-state index contributed by atoms with van der Waals surface area (Å²) in [6.07, 6.45) is 6.15. The van der Waals surface area contributed by atoms with E-state index >= 15 is 0 Å². The van der Waals surface area contributed by atoms with Gasteiger partial charge in [-0.05, 0) is 85.9 Å². The van der Waals surface area contributed by atoms with E-state index in [1.165, 1.54) is 14.2 Å². The summed E-state index contributed by atoms with van der Waals surface area (Å²) in [5.41, 5.74) is 3.54. The van der Waals surface area contributed by atoms with Gasteiger partial charge >= 0.3 is 12.0 Å². The largest absolute Gasteiger partial charge is 0.496 e. The van der Waals surface area contributed by atoms with Crippen LogP contribution in [0, 0.1) is 0 Å².